The number of nitrogens with zero attached hydrogens (tertiary/aromatic N) is 3. The Bertz CT molecular complexity index is 999. The maximum absolute atomic E-state index is 11.6. The normalized spacial score (nSPS) is 21.2. The molecule has 0 aliphatic carbocycles. The summed E-state index contributed by atoms with van der Waals surface area (Å²) in [6.07, 6.45) is 6.57. The van der Waals surface area contributed by atoms with E-state index in [9.17, 15) is 4.79 Å². The smallest absolute Gasteiger partial charge is 0.337 e. The summed E-state index contributed by atoms with van der Waals surface area (Å²) in [4.78, 5) is 18.8. The van der Waals surface area contributed by atoms with Gasteiger partial charge in [0.1, 0.15) is 5.65 Å². The van der Waals surface area contributed by atoms with Crippen molar-refractivity contribution < 1.29 is 9.53 Å². The van der Waals surface area contributed by atoms with Crippen molar-refractivity contribution in [1.29, 1.82) is 0 Å². The predicted octanol–water partition coefficient (Wildman–Crippen LogP) is 2.81. The molecule has 6 heteroatoms. The second-order valence-electron chi connectivity index (χ2n) is 7.74. The van der Waals surface area contributed by atoms with Crippen molar-refractivity contribution in [1.82, 2.24) is 14.9 Å². The van der Waals surface area contributed by atoms with Crippen LogP contribution in [0.15, 0.2) is 48.8 Å². The maximum Gasteiger partial charge on any atom is 0.337 e. The van der Waals surface area contributed by atoms with E-state index in [1.165, 1.54) is 31.0 Å². The zero-order valence-electron chi connectivity index (χ0n) is 16.0. The van der Waals surface area contributed by atoms with E-state index in [-0.39, 0.29) is 5.97 Å². The number of hydrogen-bond donors (Lipinski definition) is 1. The summed E-state index contributed by atoms with van der Waals surface area (Å²) in [7, 11) is 1.40. The van der Waals surface area contributed by atoms with E-state index in [4.69, 9.17) is 4.74 Å². The highest BCUT2D eigenvalue weighted by atomic mass is 16.5. The van der Waals surface area contributed by atoms with E-state index < -0.39 is 0 Å². The Morgan fingerprint density at radius 1 is 1.14 bits per heavy atom. The summed E-state index contributed by atoms with van der Waals surface area (Å²) < 4.78 is 6.94. The molecule has 144 valence electrons. The number of pyridine rings is 1. The van der Waals surface area contributed by atoms with Gasteiger partial charge in [0, 0.05) is 55.2 Å². The summed E-state index contributed by atoms with van der Waals surface area (Å²) in [6, 6.07) is 13.1. The highest BCUT2D eigenvalue weighted by Gasteiger charge is 2.32. The molecule has 2 saturated heterocycles. The number of benzene rings is 1. The molecule has 0 saturated carbocycles. The van der Waals surface area contributed by atoms with Gasteiger partial charge in [-0.25, -0.2) is 9.78 Å². The number of anilines is 1. The lowest BCUT2D eigenvalue weighted by molar-refractivity contribution is 0.0600. The van der Waals surface area contributed by atoms with Gasteiger partial charge in [-0.05, 0) is 42.7 Å². The highest BCUT2D eigenvalue weighted by Crippen LogP contribution is 2.31. The number of fused-ring (bicyclic) bond motifs is 3. The van der Waals surface area contributed by atoms with Crippen LogP contribution >= 0.6 is 0 Å². The van der Waals surface area contributed by atoms with Gasteiger partial charge in [-0.3, -0.25) is 0 Å². The van der Waals surface area contributed by atoms with Crippen LogP contribution in [0.25, 0.3) is 11.0 Å². The molecule has 4 heterocycles. The minimum atomic E-state index is -0.311. The van der Waals surface area contributed by atoms with Crippen molar-refractivity contribution in [2.45, 2.75) is 31.5 Å². The Hall–Kier alpha value is -2.86. The number of rotatable bonds is 4. The molecule has 6 nitrogen and oxygen atoms in total. The predicted molar refractivity (Wildman–Crippen MR) is 109 cm³/mol. The van der Waals surface area contributed by atoms with Crippen LogP contribution in [0.4, 0.5) is 5.69 Å². The first-order chi connectivity index (χ1) is 13.7. The van der Waals surface area contributed by atoms with E-state index in [1.807, 2.05) is 30.5 Å². The van der Waals surface area contributed by atoms with Gasteiger partial charge in [0.15, 0.2) is 0 Å². The lowest BCUT2D eigenvalue weighted by Gasteiger charge is -2.34. The number of esters is 1. The Morgan fingerprint density at radius 2 is 1.89 bits per heavy atom. The van der Waals surface area contributed by atoms with Crippen LogP contribution in [0.2, 0.25) is 0 Å². The molecule has 5 rings (SSSR count). The first-order valence-corrected chi connectivity index (χ1v) is 9.83. The average molecular weight is 376 g/mol. The number of nitrogens with one attached hydrogen (secondary N) is 1. The van der Waals surface area contributed by atoms with E-state index in [0.717, 1.165) is 24.3 Å². The zero-order valence-corrected chi connectivity index (χ0v) is 16.0. The molecule has 28 heavy (non-hydrogen) atoms. The summed E-state index contributed by atoms with van der Waals surface area (Å²) in [5.74, 6) is -0.311. The molecule has 3 aromatic rings. The van der Waals surface area contributed by atoms with Gasteiger partial charge in [-0.15, -0.1) is 0 Å². The van der Waals surface area contributed by atoms with E-state index in [0.29, 0.717) is 24.2 Å². The maximum atomic E-state index is 11.6. The third-order valence-electron chi connectivity index (χ3n) is 5.92. The molecule has 2 atom stereocenters. The molecular formula is C22H24N4O2. The first-order valence-electron chi connectivity index (χ1n) is 9.83. The number of carbonyl (C=O) groups excluding carboxylic acids is 1. The second kappa shape index (κ2) is 6.95. The Morgan fingerprint density at radius 3 is 2.61 bits per heavy atom. The van der Waals surface area contributed by atoms with Gasteiger partial charge in [-0.2, -0.15) is 0 Å². The number of hydrogen-bond acceptors (Lipinski definition) is 5. The third kappa shape index (κ3) is 3.03. The quantitative estimate of drug-likeness (QED) is 0.710. The van der Waals surface area contributed by atoms with Crippen molar-refractivity contribution in [3.8, 4) is 0 Å². The number of aromatic nitrogens is 2. The lowest BCUT2D eigenvalue weighted by Crippen LogP contribution is -2.51. The van der Waals surface area contributed by atoms with Gasteiger partial charge in [0.05, 0.1) is 12.7 Å². The van der Waals surface area contributed by atoms with E-state index in [1.54, 1.807) is 0 Å². The molecule has 1 N–H and O–H groups in total. The van der Waals surface area contributed by atoms with Crippen LogP contribution in [0.3, 0.4) is 0 Å². The largest absolute Gasteiger partial charge is 0.465 e. The fourth-order valence-electron chi connectivity index (χ4n) is 4.53. The lowest BCUT2D eigenvalue weighted by atomic mass is 10.1. The fraction of sp³-hybridized carbons (Fsp3) is 0.364. The number of ether oxygens (including phenoxy) is 1. The van der Waals surface area contributed by atoms with E-state index in [2.05, 4.69) is 38.1 Å². The molecule has 2 aromatic heterocycles. The van der Waals surface area contributed by atoms with Crippen LogP contribution in [-0.2, 0) is 11.3 Å². The molecule has 2 unspecified atom stereocenters. The monoisotopic (exact) mass is 376 g/mol. The van der Waals surface area contributed by atoms with E-state index >= 15 is 0 Å². The van der Waals surface area contributed by atoms with Gasteiger partial charge in [-0.1, -0.05) is 12.1 Å². The number of piperazine rings is 1. The van der Waals surface area contributed by atoms with Crippen LogP contribution in [0.5, 0.6) is 0 Å². The zero-order chi connectivity index (χ0) is 19.1. The second-order valence-corrected chi connectivity index (χ2v) is 7.74. The number of methoxy groups -OCH3 is 1. The topological polar surface area (TPSA) is 59.4 Å². The average Bonchev–Trinajstić information content (AvgIpc) is 3.30. The molecule has 0 spiro atoms. The summed E-state index contributed by atoms with van der Waals surface area (Å²) in [6.45, 7) is 2.85. The van der Waals surface area contributed by atoms with Crippen LogP contribution in [-0.4, -0.2) is 47.8 Å². The summed E-state index contributed by atoms with van der Waals surface area (Å²) in [5.41, 5.74) is 3.97. The molecule has 2 bridgehead atoms. The first kappa shape index (κ1) is 17.3. The van der Waals surface area contributed by atoms with Crippen LogP contribution in [0.1, 0.15) is 28.8 Å². The minimum absolute atomic E-state index is 0.311. The van der Waals surface area contributed by atoms with Crippen LogP contribution in [0, 0.1) is 0 Å². The number of carbonyl (C=O) groups is 1. The van der Waals surface area contributed by atoms with Crippen molar-refractivity contribution in [3.05, 3.63) is 59.9 Å². The molecule has 0 amide bonds. The summed E-state index contributed by atoms with van der Waals surface area (Å²) in [5, 5.41) is 4.90. The van der Waals surface area contributed by atoms with Gasteiger partial charge in [0.25, 0.3) is 0 Å². The molecule has 2 aliphatic heterocycles. The molecule has 2 fully saturated rings. The van der Waals surface area contributed by atoms with Gasteiger partial charge < -0.3 is 19.5 Å². The third-order valence-corrected chi connectivity index (χ3v) is 5.92. The van der Waals surface area contributed by atoms with Gasteiger partial charge >= 0.3 is 5.97 Å². The van der Waals surface area contributed by atoms with Gasteiger partial charge in [0.2, 0.25) is 0 Å². The SMILES string of the molecule is COC(=O)c1ccc(Cn2ccc3c(N4CC5CCC(C4)N5)ccnc32)cc1. The summed E-state index contributed by atoms with van der Waals surface area (Å²) >= 11 is 0. The Labute approximate surface area is 164 Å². The molecular weight excluding hydrogens is 352 g/mol. The molecule has 1 aromatic carbocycles. The molecule has 2 aliphatic rings. The molecule has 0 radical (unpaired) electrons. The van der Waals surface area contributed by atoms with Crippen molar-refractivity contribution in [2.75, 3.05) is 25.1 Å². The minimum Gasteiger partial charge on any atom is -0.465 e. The highest BCUT2D eigenvalue weighted by molar-refractivity contribution is 5.90. The van der Waals surface area contributed by atoms with Crippen molar-refractivity contribution >= 4 is 22.7 Å². The Kier molecular flexibility index (Phi) is 4.28. The van der Waals surface area contributed by atoms with Crippen molar-refractivity contribution in [3.63, 3.8) is 0 Å². The van der Waals surface area contributed by atoms with Crippen molar-refractivity contribution in [2.24, 2.45) is 0 Å². The standard InChI is InChI=1S/C22H24N4O2/c1-28-22(27)16-4-2-15(3-5-16)12-25-11-9-19-20(8-10-23-21(19)25)26-13-17-6-7-18(14-26)24-17/h2-5,8-11,17-18,24H,6-7,12-14H2,1H3. The van der Waals surface area contributed by atoms with Crippen LogP contribution < -0.4 is 10.2 Å². The fourth-order valence-corrected chi connectivity index (χ4v) is 4.53. The Balaban J connectivity index is 1.41.